The monoisotopic (exact) mass is 231 g/mol. The fourth-order valence-electron chi connectivity index (χ4n) is 2.25. The summed E-state index contributed by atoms with van der Waals surface area (Å²) in [5, 5.41) is 13.3. The molecule has 3 atom stereocenters. The maximum atomic E-state index is 9.16. The third-order valence-corrected chi connectivity index (χ3v) is 4.63. The standard InChI is InChI=1S/C12H25NOS/c1-3-13-11(8-14)9-15-12-6-4-5-10(2)7-12/h10-14H,3-9H2,1-2H3. The van der Waals surface area contributed by atoms with E-state index >= 15 is 0 Å². The normalized spacial score (nSPS) is 29.0. The van der Waals surface area contributed by atoms with Gasteiger partial charge in [0.05, 0.1) is 6.61 Å². The number of aliphatic hydroxyl groups is 1. The summed E-state index contributed by atoms with van der Waals surface area (Å²) in [4.78, 5) is 0. The van der Waals surface area contributed by atoms with Crippen molar-refractivity contribution in [2.24, 2.45) is 5.92 Å². The molecule has 0 aromatic carbocycles. The smallest absolute Gasteiger partial charge is 0.0592 e. The molecule has 2 nitrogen and oxygen atoms in total. The van der Waals surface area contributed by atoms with Gasteiger partial charge in [0.2, 0.25) is 0 Å². The molecule has 0 amide bonds. The molecule has 0 aromatic heterocycles. The van der Waals surface area contributed by atoms with Crippen LogP contribution in [0.4, 0.5) is 0 Å². The van der Waals surface area contributed by atoms with Crippen molar-refractivity contribution in [3.05, 3.63) is 0 Å². The van der Waals surface area contributed by atoms with Gasteiger partial charge in [-0.15, -0.1) is 0 Å². The van der Waals surface area contributed by atoms with Gasteiger partial charge in [0.1, 0.15) is 0 Å². The van der Waals surface area contributed by atoms with E-state index in [4.69, 9.17) is 5.11 Å². The Balaban J connectivity index is 2.16. The van der Waals surface area contributed by atoms with E-state index in [9.17, 15) is 0 Å². The summed E-state index contributed by atoms with van der Waals surface area (Å²) in [5.74, 6) is 1.96. The first-order valence-corrected chi connectivity index (χ1v) is 7.27. The zero-order chi connectivity index (χ0) is 11.1. The van der Waals surface area contributed by atoms with Crippen LogP contribution in [-0.4, -0.2) is 35.3 Å². The van der Waals surface area contributed by atoms with Crippen LogP contribution >= 0.6 is 11.8 Å². The van der Waals surface area contributed by atoms with E-state index in [1.54, 1.807) is 0 Å². The van der Waals surface area contributed by atoms with Crippen LogP contribution in [0.15, 0.2) is 0 Å². The Morgan fingerprint density at radius 2 is 2.27 bits per heavy atom. The second-order valence-electron chi connectivity index (χ2n) is 4.66. The molecule has 0 aliphatic heterocycles. The summed E-state index contributed by atoms with van der Waals surface area (Å²) < 4.78 is 0. The third-order valence-electron chi connectivity index (χ3n) is 3.13. The van der Waals surface area contributed by atoms with Gasteiger partial charge in [-0.2, -0.15) is 11.8 Å². The first kappa shape index (κ1) is 13.3. The lowest BCUT2D eigenvalue weighted by Crippen LogP contribution is -2.35. The third kappa shape index (κ3) is 5.23. The van der Waals surface area contributed by atoms with Gasteiger partial charge in [-0.25, -0.2) is 0 Å². The van der Waals surface area contributed by atoms with E-state index in [0.29, 0.717) is 0 Å². The highest BCUT2D eigenvalue weighted by Crippen LogP contribution is 2.32. The van der Waals surface area contributed by atoms with E-state index < -0.39 is 0 Å². The number of hydrogen-bond acceptors (Lipinski definition) is 3. The molecule has 0 bridgehead atoms. The number of rotatable bonds is 6. The lowest BCUT2D eigenvalue weighted by molar-refractivity contribution is 0.255. The van der Waals surface area contributed by atoms with E-state index in [1.165, 1.54) is 25.7 Å². The maximum absolute atomic E-state index is 9.16. The molecule has 3 unspecified atom stereocenters. The van der Waals surface area contributed by atoms with Crippen molar-refractivity contribution in [1.82, 2.24) is 5.32 Å². The largest absolute Gasteiger partial charge is 0.395 e. The number of likely N-dealkylation sites (N-methyl/N-ethyl adjacent to an activating group) is 1. The van der Waals surface area contributed by atoms with Gasteiger partial charge in [-0.3, -0.25) is 0 Å². The molecule has 0 heterocycles. The topological polar surface area (TPSA) is 32.3 Å². The zero-order valence-corrected chi connectivity index (χ0v) is 10.9. The second kappa shape index (κ2) is 7.53. The molecule has 1 aliphatic carbocycles. The van der Waals surface area contributed by atoms with Gasteiger partial charge >= 0.3 is 0 Å². The Hall–Kier alpha value is 0.270. The summed E-state index contributed by atoms with van der Waals surface area (Å²) in [5.41, 5.74) is 0. The first-order chi connectivity index (χ1) is 7.26. The molecule has 1 saturated carbocycles. The van der Waals surface area contributed by atoms with E-state index in [2.05, 4.69) is 30.9 Å². The van der Waals surface area contributed by atoms with Crippen LogP contribution < -0.4 is 5.32 Å². The number of nitrogens with one attached hydrogen (secondary N) is 1. The summed E-state index contributed by atoms with van der Waals surface area (Å²) in [6.07, 6.45) is 5.55. The van der Waals surface area contributed by atoms with Crippen LogP contribution in [0.1, 0.15) is 39.5 Å². The molecule has 3 heteroatoms. The zero-order valence-electron chi connectivity index (χ0n) is 10.0. The van der Waals surface area contributed by atoms with Gasteiger partial charge in [0.25, 0.3) is 0 Å². The van der Waals surface area contributed by atoms with Gasteiger partial charge in [-0.1, -0.05) is 26.7 Å². The van der Waals surface area contributed by atoms with Crippen LogP contribution in [0.5, 0.6) is 0 Å². The molecule has 0 spiro atoms. The lowest BCUT2D eigenvalue weighted by atomic mass is 9.91. The van der Waals surface area contributed by atoms with Crippen molar-refractivity contribution in [2.75, 3.05) is 18.9 Å². The first-order valence-electron chi connectivity index (χ1n) is 6.22. The number of aliphatic hydroxyl groups excluding tert-OH is 1. The van der Waals surface area contributed by atoms with E-state index in [1.807, 2.05) is 0 Å². The van der Waals surface area contributed by atoms with Crippen molar-refractivity contribution in [1.29, 1.82) is 0 Å². The molecule has 0 radical (unpaired) electrons. The molecule has 0 aromatic rings. The highest BCUT2D eigenvalue weighted by atomic mass is 32.2. The van der Waals surface area contributed by atoms with Gasteiger partial charge in [-0.05, 0) is 25.3 Å². The van der Waals surface area contributed by atoms with E-state index in [-0.39, 0.29) is 12.6 Å². The molecule has 1 rings (SSSR count). The van der Waals surface area contributed by atoms with Crippen molar-refractivity contribution < 1.29 is 5.11 Å². The van der Waals surface area contributed by atoms with Crippen LogP contribution in [0, 0.1) is 5.92 Å². The van der Waals surface area contributed by atoms with Crippen LogP contribution in [-0.2, 0) is 0 Å². The van der Waals surface area contributed by atoms with E-state index in [0.717, 1.165) is 23.5 Å². The maximum Gasteiger partial charge on any atom is 0.0592 e. The average molecular weight is 231 g/mol. The summed E-state index contributed by atoms with van der Waals surface area (Å²) in [7, 11) is 0. The lowest BCUT2D eigenvalue weighted by Gasteiger charge is -2.27. The quantitative estimate of drug-likeness (QED) is 0.735. The Kier molecular flexibility index (Phi) is 6.69. The summed E-state index contributed by atoms with van der Waals surface area (Å²) >= 11 is 2.05. The molecule has 0 saturated heterocycles. The summed E-state index contributed by atoms with van der Waals surface area (Å²) in [6.45, 7) is 5.67. The Bertz CT molecular complexity index is 166. The molecular weight excluding hydrogens is 206 g/mol. The second-order valence-corrected chi connectivity index (χ2v) is 6.00. The molecule has 15 heavy (non-hydrogen) atoms. The van der Waals surface area contributed by atoms with Crippen molar-refractivity contribution in [2.45, 2.75) is 50.8 Å². The molecule has 90 valence electrons. The number of thioether (sulfide) groups is 1. The number of hydrogen-bond donors (Lipinski definition) is 2. The van der Waals surface area contributed by atoms with Crippen molar-refractivity contribution >= 4 is 11.8 Å². The fraction of sp³-hybridized carbons (Fsp3) is 1.00. The Labute approximate surface area is 98.2 Å². The van der Waals surface area contributed by atoms with Crippen LogP contribution in [0.3, 0.4) is 0 Å². The predicted octanol–water partition coefficient (Wildman–Crippen LogP) is 2.27. The minimum Gasteiger partial charge on any atom is -0.395 e. The molecule has 1 fully saturated rings. The Morgan fingerprint density at radius 1 is 1.47 bits per heavy atom. The van der Waals surface area contributed by atoms with Gasteiger partial charge in [0.15, 0.2) is 0 Å². The Morgan fingerprint density at radius 3 is 2.87 bits per heavy atom. The van der Waals surface area contributed by atoms with Crippen LogP contribution in [0.25, 0.3) is 0 Å². The fourth-order valence-corrected chi connectivity index (χ4v) is 3.77. The predicted molar refractivity (Wildman–Crippen MR) is 68.4 cm³/mol. The van der Waals surface area contributed by atoms with Crippen molar-refractivity contribution in [3.63, 3.8) is 0 Å². The minimum absolute atomic E-state index is 0.267. The molecular formula is C12H25NOS. The average Bonchev–Trinajstić information content (AvgIpc) is 2.24. The van der Waals surface area contributed by atoms with Gasteiger partial charge in [0, 0.05) is 17.0 Å². The minimum atomic E-state index is 0.267. The molecule has 2 N–H and O–H groups in total. The van der Waals surface area contributed by atoms with Gasteiger partial charge < -0.3 is 10.4 Å². The highest BCUT2D eigenvalue weighted by Gasteiger charge is 2.20. The molecule has 1 aliphatic rings. The highest BCUT2D eigenvalue weighted by molar-refractivity contribution is 7.99. The summed E-state index contributed by atoms with van der Waals surface area (Å²) in [6, 6.07) is 0.289. The SMILES string of the molecule is CCNC(CO)CSC1CCCC(C)C1. The van der Waals surface area contributed by atoms with Crippen molar-refractivity contribution in [3.8, 4) is 0 Å². The van der Waals surface area contributed by atoms with Crippen LogP contribution in [0.2, 0.25) is 0 Å².